The van der Waals surface area contributed by atoms with E-state index in [0.29, 0.717) is 26.3 Å². The van der Waals surface area contributed by atoms with Gasteiger partial charge in [0, 0.05) is 26.2 Å². The molecule has 1 N–H and O–H groups in total. The zero-order valence-corrected chi connectivity index (χ0v) is 15.7. The predicted octanol–water partition coefficient (Wildman–Crippen LogP) is 0.458. The summed E-state index contributed by atoms with van der Waals surface area (Å²) in [5.41, 5.74) is 0.982. The molecule has 0 spiro atoms. The molecule has 1 aromatic rings. The molecule has 1 atom stereocenters. The van der Waals surface area contributed by atoms with Crippen molar-refractivity contribution in [1.82, 2.24) is 14.5 Å². The molecule has 0 aliphatic carbocycles. The smallest absolute Gasteiger partial charge is 0.235 e. The van der Waals surface area contributed by atoms with E-state index in [0.717, 1.165) is 24.9 Å². The second-order valence-corrected chi connectivity index (χ2v) is 8.23. The molecule has 140 valence electrons. The van der Waals surface area contributed by atoms with Gasteiger partial charge in [0.1, 0.15) is 0 Å². The monoisotopic (exact) mass is 369 g/mol. The largest absolute Gasteiger partial charge is 0.379 e. The first-order valence-corrected chi connectivity index (χ1v) is 10.3. The number of carbonyl (C=O) groups excluding carboxylic acids is 1. The number of benzene rings is 1. The van der Waals surface area contributed by atoms with E-state index < -0.39 is 10.0 Å². The van der Waals surface area contributed by atoms with Crippen molar-refractivity contribution in [1.29, 1.82) is 0 Å². The van der Waals surface area contributed by atoms with Crippen molar-refractivity contribution < 1.29 is 17.9 Å². The molecule has 7 nitrogen and oxygen atoms in total. The number of nitrogens with one attached hydrogen (secondary N) is 1. The van der Waals surface area contributed by atoms with Gasteiger partial charge in [0.25, 0.3) is 0 Å². The van der Waals surface area contributed by atoms with Gasteiger partial charge in [0.2, 0.25) is 15.9 Å². The number of hydrogen-bond donors (Lipinski definition) is 1. The molecular weight excluding hydrogens is 342 g/mol. The lowest BCUT2D eigenvalue weighted by Gasteiger charge is -2.29. The number of morpholine rings is 1. The highest BCUT2D eigenvalue weighted by Gasteiger charge is 2.22. The summed E-state index contributed by atoms with van der Waals surface area (Å²) in [6.45, 7) is 5.50. The molecule has 0 bridgehead atoms. The van der Waals surface area contributed by atoms with Crippen LogP contribution in [0.1, 0.15) is 18.5 Å². The molecule has 1 amide bonds. The third kappa shape index (κ3) is 6.74. The van der Waals surface area contributed by atoms with Crippen LogP contribution in [0.3, 0.4) is 0 Å². The molecule has 1 unspecified atom stereocenters. The number of rotatable bonds is 8. The van der Waals surface area contributed by atoms with Crippen molar-refractivity contribution in [3.05, 3.63) is 35.9 Å². The first-order valence-electron chi connectivity index (χ1n) is 8.46. The zero-order valence-electron chi connectivity index (χ0n) is 14.8. The van der Waals surface area contributed by atoms with Gasteiger partial charge >= 0.3 is 0 Å². The first kappa shape index (κ1) is 19.8. The number of hydrogen-bond acceptors (Lipinski definition) is 5. The van der Waals surface area contributed by atoms with Gasteiger partial charge in [0.05, 0.1) is 32.1 Å². The minimum Gasteiger partial charge on any atom is -0.379 e. The number of nitrogens with zero attached hydrogens (tertiary/aromatic N) is 2. The quantitative estimate of drug-likeness (QED) is 0.720. The van der Waals surface area contributed by atoms with E-state index in [4.69, 9.17) is 4.74 Å². The van der Waals surface area contributed by atoms with Crippen LogP contribution < -0.4 is 5.32 Å². The highest BCUT2D eigenvalue weighted by Crippen LogP contribution is 2.11. The molecule has 1 aliphatic heterocycles. The van der Waals surface area contributed by atoms with Gasteiger partial charge in [0.15, 0.2) is 0 Å². The Hall–Kier alpha value is -1.48. The second-order valence-electron chi connectivity index (χ2n) is 6.25. The van der Waals surface area contributed by atoms with Crippen LogP contribution in [0.15, 0.2) is 30.3 Å². The summed E-state index contributed by atoms with van der Waals surface area (Å²) in [4.78, 5) is 14.4. The Balaban J connectivity index is 1.88. The molecule has 1 aromatic carbocycles. The maximum Gasteiger partial charge on any atom is 0.235 e. The normalized spacial score (nSPS) is 17.4. The Morgan fingerprint density at radius 2 is 1.92 bits per heavy atom. The summed E-state index contributed by atoms with van der Waals surface area (Å²) in [6.07, 6.45) is 1.14. The molecule has 1 saturated heterocycles. The fourth-order valence-corrected chi connectivity index (χ4v) is 3.48. The molecule has 0 saturated carbocycles. The maximum atomic E-state index is 12.3. The van der Waals surface area contributed by atoms with Gasteiger partial charge in [-0.1, -0.05) is 30.3 Å². The Morgan fingerprint density at radius 1 is 1.28 bits per heavy atom. The van der Waals surface area contributed by atoms with Crippen LogP contribution in [0.5, 0.6) is 0 Å². The SMILES string of the molecule is CC(NC(=O)CN(CCN1CCOCC1)S(C)(=O)=O)c1ccccc1. The average Bonchev–Trinajstić information content (AvgIpc) is 2.59. The molecule has 0 aromatic heterocycles. The van der Waals surface area contributed by atoms with Crippen molar-refractivity contribution >= 4 is 15.9 Å². The Kier molecular flexibility index (Phi) is 7.37. The van der Waals surface area contributed by atoms with Crippen molar-refractivity contribution in [3.63, 3.8) is 0 Å². The van der Waals surface area contributed by atoms with E-state index in [2.05, 4.69) is 10.2 Å². The summed E-state index contributed by atoms with van der Waals surface area (Å²) < 4.78 is 30.5. The highest BCUT2D eigenvalue weighted by molar-refractivity contribution is 7.88. The van der Waals surface area contributed by atoms with Crippen molar-refractivity contribution in [2.45, 2.75) is 13.0 Å². The lowest BCUT2D eigenvalue weighted by atomic mass is 10.1. The lowest BCUT2D eigenvalue weighted by molar-refractivity contribution is -0.122. The molecule has 1 heterocycles. The van der Waals surface area contributed by atoms with E-state index in [-0.39, 0.29) is 18.5 Å². The minimum absolute atomic E-state index is 0.166. The third-order valence-electron chi connectivity index (χ3n) is 4.24. The average molecular weight is 369 g/mol. The maximum absolute atomic E-state index is 12.3. The number of ether oxygens (including phenoxy) is 1. The van der Waals surface area contributed by atoms with Crippen LogP contribution in [0, 0.1) is 0 Å². The lowest BCUT2D eigenvalue weighted by Crippen LogP contribution is -2.46. The number of sulfonamides is 1. The van der Waals surface area contributed by atoms with Gasteiger partial charge in [-0.15, -0.1) is 0 Å². The number of amides is 1. The van der Waals surface area contributed by atoms with E-state index in [9.17, 15) is 13.2 Å². The Labute approximate surface area is 150 Å². The first-order chi connectivity index (χ1) is 11.9. The fraction of sp³-hybridized carbons (Fsp3) is 0.588. The molecule has 1 fully saturated rings. The minimum atomic E-state index is -3.45. The van der Waals surface area contributed by atoms with Crippen molar-refractivity contribution in [2.24, 2.45) is 0 Å². The van der Waals surface area contributed by atoms with Crippen LogP contribution in [0.25, 0.3) is 0 Å². The zero-order chi connectivity index (χ0) is 18.3. The molecule has 0 radical (unpaired) electrons. The van der Waals surface area contributed by atoms with E-state index in [1.807, 2.05) is 37.3 Å². The van der Waals surface area contributed by atoms with Crippen molar-refractivity contribution in [2.75, 3.05) is 52.2 Å². The van der Waals surface area contributed by atoms with Crippen LogP contribution in [-0.4, -0.2) is 75.7 Å². The molecular formula is C17H27N3O4S. The van der Waals surface area contributed by atoms with Crippen LogP contribution in [-0.2, 0) is 19.6 Å². The van der Waals surface area contributed by atoms with Gasteiger partial charge in [-0.05, 0) is 12.5 Å². The summed E-state index contributed by atoms with van der Waals surface area (Å²) in [6, 6.07) is 9.41. The van der Waals surface area contributed by atoms with Crippen molar-refractivity contribution in [3.8, 4) is 0 Å². The standard InChI is InChI=1S/C17H27N3O4S/c1-15(16-6-4-3-5-7-16)18-17(21)14-20(25(2,22)23)9-8-19-10-12-24-13-11-19/h3-7,15H,8-14H2,1-2H3,(H,18,21). The van der Waals surface area contributed by atoms with Gasteiger partial charge < -0.3 is 10.1 Å². The number of carbonyl (C=O) groups is 1. The van der Waals surface area contributed by atoms with Gasteiger partial charge in [-0.25, -0.2) is 8.42 Å². The molecule has 25 heavy (non-hydrogen) atoms. The molecule has 2 rings (SSSR count). The van der Waals surface area contributed by atoms with E-state index in [1.54, 1.807) is 0 Å². The second kappa shape index (κ2) is 9.28. The highest BCUT2D eigenvalue weighted by atomic mass is 32.2. The molecule has 1 aliphatic rings. The Morgan fingerprint density at radius 3 is 2.52 bits per heavy atom. The fourth-order valence-electron chi connectivity index (χ4n) is 2.71. The summed E-state index contributed by atoms with van der Waals surface area (Å²) in [7, 11) is -3.45. The van der Waals surface area contributed by atoms with E-state index in [1.165, 1.54) is 4.31 Å². The van der Waals surface area contributed by atoms with Gasteiger partial charge in [-0.3, -0.25) is 9.69 Å². The summed E-state index contributed by atoms with van der Waals surface area (Å²) >= 11 is 0. The van der Waals surface area contributed by atoms with Gasteiger partial charge in [-0.2, -0.15) is 4.31 Å². The predicted molar refractivity (Wildman–Crippen MR) is 96.7 cm³/mol. The van der Waals surface area contributed by atoms with Crippen LogP contribution in [0.4, 0.5) is 0 Å². The summed E-state index contributed by atoms with van der Waals surface area (Å²) in [5, 5.41) is 2.86. The van der Waals surface area contributed by atoms with Crippen LogP contribution in [0.2, 0.25) is 0 Å². The topological polar surface area (TPSA) is 79.0 Å². The Bertz CT molecular complexity index is 645. The van der Waals surface area contributed by atoms with E-state index >= 15 is 0 Å². The molecule has 8 heteroatoms. The summed E-state index contributed by atoms with van der Waals surface area (Å²) in [5.74, 6) is -0.302. The van der Waals surface area contributed by atoms with Crippen LogP contribution >= 0.6 is 0 Å². The third-order valence-corrected chi connectivity index (χ3v) is 5.49.